The molecule has 20 rings (SSSR count). The number of benzene rings is 8. The SMILES string of the molecule is CC(=O)N1CC2(CCN(C)CC2)c2ccccc21.CC(=O)NC1(c2cccc(F)c2)CCN(C)CC1.CN1CCC(O)(c2ccc(Cl)cc2)C1.CN1CCC(O)(c2ccc(Cl)cc2)CC1.CN1CCC(c2noc3cc(F)ccc23)CC1.CN1CCC(n2ccnc2)CC1.CN1CCC[C@](O)(c2ccc(Cl)cc2)CC1.C[C@@H]1CC(c2ccc(Cl)cc2)C[C@H](C)N1C.C[C@@H]1CN(C)CC[C@@]1(C)c1cccc(O)c1. The Kier molecular flexibility index (Phi) is 41.1. The third kappa shape index (κ3) is 30.9. The standard InChI is InChI=1S/C15H20N2O.C14H20ClN.C14H19FN2O.C14H21NO.C13H18ClNO.C13H15FN2O.C12H16ClNO.C11H14ClNO.C9H15N3/c1-12(18)17-11-15(7-9-16(2)10-8-15)13-5-3-4-6-14(13)17;1-10-8-13(9-11(2)16(10)3)12-4-6-14(15)7-5-12;1-11(18)16-14(6-8-17(2)9-7-14)12-4-3-5-13(15)10-12;1-11-10-15(3)8-7-14(11,2)12-5-4-6-13(16)9-12;1-15-9-2-7-13(16,8-10-15)11-3-5-12(14)6-4-11;1-16-6-4-9(5-7-16)13-11-3-2-10(14)8-12(11)17-15-13;1-14-8-6-12(15,7-9-14)10-2-4-11(13)5-3-10;1-13-7-6-11(14,8-13)9-2-4-10(12)5-3-9;1-11-5-2-9(3-6-11)12-7-4-10-8-12/h3-6H,7-11H2,1-2H3;4-7,10-11,13H,8-9H2,1-3H3;3-5,10H,6-9H2,1-2H3,(H,16,18);4-6,9,11,16H,7-8,10H2,1-3H3;3-6,16H,2,7-10H2,1H3;2-3,8-9H,4-7H2,1H3;2-5,15H,6-9H2,1H3;2-5,14H,6-8H2,1H3;4,7-9H,2-3,5-6H2,1H3/t;10-,11+,13?;;11-,14-;13-;;;;/m...11..../s1. The number of nitrogens with zero attached hydrogens (tertiary/aromatic N) is 13. The quantitative estimate of drug-likeness (QED) is 0.0912. The molecule has 0 radical (unpaired) electrons. The molecule has 27 heteroatoms. The second-order valence-corrected chi connectivity index (χ2v) is 44.4. The van der Waals surface area contributed by atoms with Gasteiger partial charge in [-0.2, -0.15) is 0 Å². The van der Waals surface area contributed by atoms with E-state index in [1.165, 1.54) is 86.7 Å². The molecule has 772 valence electrons. The summed E-state index contributed by atoms with van der Waals surface area (Å²) in [7, 11) is 19.2. The summed E-state index contributed by atoms with van der Waals surface area (Å²) in [5, 5.41) is 52.2. The molecular formula is C115H158Cl4F2N14O7. The molecule has 12 heterocycles. The Hall–Kier alpha value is -8.28. The number of hydrogen-bond donors (Lipinski definition) is 5. The van der Waals surface area contributed by atoms with E-state index in [9.17, 15) is 38.8 Å². The van der Waals surface area contributed by atoms with E-state index in [1.807, 2.05) is 134 Å². The molecule has 1 spiro atoms. The Labute approximate surface area is 864 Å². The number of hydrogen-bond acceptors (Lipinski definition) is 18. The number of imidazole rings is 1. The number of rotatable bonds is 9. The van der Waals surface area contributed by atoms with Crippen LogP contribution in [0, 0.1) is 17.6 Å². The molecule has 2 aromatic heterocycles. The maximum absolute atomic E-state index is 13.4. The van der Waals surface area contributed by atoms with Crippen molar-refractivity contribution in [1.82, 2.24) is 64.1 Å². The summed E-state index contributed by atoms with van der Waals surface area (Å²) in [5.41, 5.74) is 8.56. The lowest BCUT2D eigenvalue weighted by Gasteiger charge is -2.44. The van der Waals surface area contributed by atoms with Crippen LogP contribution in [0.25, 0.3) is 11.0 Å². The molecule has 9 fully saturated rings. The fraction of sp³-hybridized carbons (Fsp3) is 0.530. The maximum atomic E-state index is 13.4. The van der Waals surface area contributed by atoms with Crippen LogP contribution in [0.2, 0.25) is 20.1 Å². The third-order valence-electron chi connectivity index (χ3n) is 32.0. The van der Waals surface area contributed by atoms with Gasteiger partial charge in [-0.1, -0.05) is 156 Å². The van der Waals surface area contributed by atoms with Crippen molar-refractivity contribution in [3.8, 4) is 5.75 Å². The summed E-state index contributed by atoms with van der Waals surface area (Å²) in [6.45, 7) is 29.8. The van der Waals surface area contributed by atoms with Crippen molar-refractivity contribution in [2.24, 2.45) is 5.92 Å². The summed E-state index contributed by atoms with van der Waals surface area (Å²) in [5.74, 6) is 1.70. The number of aromatic nitrogens is 3. The number of carbonyl (C=O) groups is 2. The number of anilines is 1. The Balaban J connectivity index is 0.000000143. The number of amides is 2. The van der Waals surface area contributed by atoms with E-state index in [2.05, 4.69) is 191 Å². The zero-order valence-electron chi connectivity index (χ0n) is 86.7. The molecule has 8 aromatic carbocycles. The number of halogens is 6. The maximum Gasteiger partial charge on any atom is 0.223 e. The number of carbonyl (C=O) groups excluding carboxylic acids is 2. The fourth-order valence-electron chi connectivity index (χ4n) is 22.0. The van der Waals surface area contributed by atoms with Crippen LogP contribution in [-0.2, 0) is 42.8 Å². The minimum atomic E-state index is -0.681. The van der Waals surface area contributed by atoms with Crippen molar-refractivity contribution < 1.29 is 43.3 Å². The molecule has 0 aliphatic carbocycles. The molecule has 7 atom stereocenters. The van der Waals surface area contributed by atoms with Crippen LogP contribution < -0.4 is 10.2 Å². The average molecular weight is 2030 g/mol. The van der Waals surface area contributed by atoms with Gasteiger partial charge < -0.3 is 83.8 Å². The fourth-order valence-corrected chi connectivity index (χ4v) is 22.5. The van der Waals surface area contributed by atoms with E-state index < -0.39 is 22.3 Å². The van der Waals surface area contributed by atoms with Gasteiger partial charge in [-0.3, -0.25) is 9.59 Å². The van der Waals surface area contributed by atoms with Crippen LogP contribution in [0.5, 0.6) is 5.75 Å². The van der Waals surface area contributed by atoms with Gasteiger partial charge in [0.05, 0.1) is 28.8 Å². The summed E-state index contributed by atoms with van der Waals surface area (Å²) in [4.78, 5) is 50.1. The molecule has 0 saturated carbocycles. The van der Waals surface area contributed by atoms with Crippen molar-refractivity contribution in [2.45, 2.75) is 214 Å². The zero-order chi connectivity index (χ0) is 102. The number of phenolic OH excluding ortho intramolecular Hbond substituents is 1. The van der Waals surface area contributed by atoms with Gasteiger partial charge in [-0.15, -0.1) is 0 Å². The van der Waals surface area contributed by atoms with E-state index in [0.29, 0.717) is 58.8 Å². The number of nitrogens with one attached hydrogen (secondary N) is 1. The lowest BCUT2D eigenvalue weighted by molar-refractivity contribution is -0.121. The Morgan fingerprint density at radius 2 is 0.930 bits per heavy atom. The number of fused-ring (bicyclic) bond motifs is 3. The van der Waals surface area contributed by atoms with Crippen molar-refractivity contribution in [3.05, 3.63) is 283 Å². The van der Waals surface area contributed by atoms with E-state index in [4.69, 9.17) is 50.9 Å². The molecular weight excluding hydrogens is 1870 g/mol. The van der Waals surface area contributed by atoms with E-state index in [1.54, 1.807) is 25.1 Å². The van der Waals surface area contributed by atoms with Gasteiger partial charge in [0.25, 0.3) is 0 Å². The highest BCUT2D eigenvalue weighted by molar-refractivity contribution is 6.31. The number of phenols is 1. The summed E-state index contributed by atoms with van der Waals surface area (Å²) >= 11 is 23.4. The van der Waals surface area contributed by atoms with Crippen LogP contribution in [0.15, 0.2) is 211 Å². The van der Waals surface area contributed by atoms with Gasteiger partial charge in [0.2, 0.25) is 11.8 Å². The lowest BCUT2D eigenvalue weighted by atomic mass is 9.68. The van der Waals surface area contributed by atoms with Gasteiger partial charge in [0, 0.05) is 152 Å². The minimum Gasteiger partial charge on any atom is -0.508 e. The van der Waals surface area contributed by atoms with Crippen molar-refractivity contribution >= 4 is 74.9 Å². The van der Waals surface area contributed by atoms with Gasteiger partial charge in [-0.05, 0) is 386 Å². The predicted molar refractivity (Wildman–Crippen MR) is 576 cm³/mol. The Bertz CT molecular complexity index is 5530. The Morgan fingerprint density at radius 1 is 0.458 bits per heavy atom. The van der Waals surface area contributed by atoms with Crippen LogP contribution in [0.4, 0.5) is 14.5 Å². The summed E-state index contributed by atoms with van der Waals surface area (Å²) < 4.78 is 33.9. The molecule has 10 aliphatic rings. The molecule has 9 saturated heterocycles. The topological polar surface area (TPSA) is 203 Å². The molecule has 10 aliphatic heterocycles. The monoisotopic (exact) mass is 2030 g/mol. The van der Waals surface area contributed by atoms with E-state index >= 15 is 0 Å². The molecule has 21 nitrogen and oxygen atoms in total. The third-order valence-corrected chi connectivity index (χ3v) is 33.0. The smallest absolute Gasteiger partial charge is 0.223 e. The average Bonchev–Trinajstić information content (AvgIpc) is 1.60. The number of para-hydroxylation sites is 1. The van der Waals surface area contributed by atoms with E-state index in [-0.39, 0.29) is 34.3 Å². The molecule has 10 aromatic rings. The first-order valence-corrected chi connectivity index (χ1v) is 52.8. The number of likely N-dealkylation sites (tertiary alicyclic amines) is 9. The highest BCUT2D eigenvalue weighted by Gasteiger charge is 2.46. The number of aromatic hydroxyl groups is 1. The minimum absolute atomic E-state index is 0.0659. The zero-order valence-corrected chi connectivity index (χ0v) is 89.8. The number of aliphatic hydroxyl groups is 3. The molecule has 142 heavy (non-hydrogen) atoms. The summed E-state index contributed by atoms with van der Waals surface area (Å²) in [6.07, 6.45) is 23.2. The molecule has 0 bridgehead atoms. The number of likely N-dealkylation sites (N-methyl/N-ethyl adjacent to an activating group) is 1. The van der Waals surface area contributed by atoms with Gasteiger partial charge in [0.1, 0.15) is 23.0 Å². The van der Waals surface area contributed by atoms with Gasteiger partial charge in [0.15, 0.2) is 5.58 Å². The van der Waals surface area contributed by atoms with Gasteiger partial charge in [-0.25, -0.2) is 13.8 Å². The molecule has 2 amide bonds. The van der Waals surface area contributed by atoms with Crippen molar-refractivity contribution in [3.63, 3.8) is 0 Å². The first-order chi connectivity index (χ1) is 67.6. The van der Waals surface area contributed by atoms with Crippen molar-refractivity contribution in [2.75, 3.05) is 180 Å². The predicted octanol–water partition coefficient (Wildman–Crippen LogP) is 21.1. The lowest BCUT2D eigenvalue weighted by Crippen LogP contribution is -2.51. The largest absolute Gasteiger partial charge is 0.508 e. The Morgan fingerprint density at radius 3 is 1.44 bits per heavy atom. The normalized spacial score (nSPS) is 24.7. The molecule has 5 N–H and O–H groups in total. The summed E-state index contributed by atoms with van der Waals surface area (Å²) in [6, 6.07) is 60.3. The van der Waals surface area contributed by atoms with Gasteiger partial charge >= 0.3 is 0 Å². The number of β-amino-alcohol motifs (C(OH)–C–C–N with tert-alkyl or cyclic N) is 1. The highest BCUT2D eigenvalue weighted by atomic mass is 35.5. The molecule has 2 unspecified atom stereocenters. The van der Waals surface area contributed by atoms with Crippen LogP contribution in [-0.4, -0.2) is 278 Å². The second-order valence-electron chi connectivity index (χ2n) is 42.6. The highest BCUT2D eigenvalue weighted by Crippen LogP contribution is 2.48. The van der Waals surface area contributed by atoms with Crippen LogP contribution in [0.1, 0.15) is 213 Å². The van der Waals surface area contributed by atoms with E-state index in [0.717, 1.165) is 229 Å². The number of piperidine rings is 7. The van der Waals surface area contributed by atoms with Crippen molar-refractivity contribution in [1.29, 1.82) is 0 Å². The van der Waals surface area contributed by atoms with Crippen LogP contribution >= 0.6 is 46.4 Å². The first kappa shape index (κ1) is 112. The second kappa shape index (κ2) is 51.9. The first-order valence-electron chi connectivity index (χ1n) is 51.3. The van der Waals surface area contributed by atoms with Crippen LogP contribution in [0.3, 0.4) is 0 Å².